The minimum absolute atomic E-state index is 0.0505. The fourth-order valence-electron chi connectivity index (χ4n) is 4.42. The number of aromatic amines is 1. The molecule has 0 saturated carbocycles. The smallest absolute Gasteiger partial charge is 0.243 e. The number of nitrogens with one attached hydrogen (secondary N) is 6. The van der Waals surface area contributed by atoms with E-state index in [0.717, 1.165) is 5.56 Å². The predicted octanol–water partition coefficient (Wildman–Crippen LogP) is -1.47. The highest BCUT2D eigenvalue weighted by atomic mass is 32.1. The summed E-state index contributed by atoms with van der Waals surface area (Å²) in [6, 6.07) is 5.00. The van der Waals surface area contributed by atoms with Crippen molar-refractivity contribution in [3.8, 4) is 0 Å². The normalized spacial score (nSPS) is 13.6. The van der Waals surface area contributed by atoms with Gasteiger partial charge in [0.15, 0.2) is 10.7 Å². The lowest BCUT2D eigenvalue weighted by atomic mass is 10.0. The fourth-order valence-corrected chi connectivity index (χ4v) is 4.59. The quantitative estimate of drug-likeness (QED) is 0.0375. The summed E-state index contributed by atoms with van der Waals surface area (Å²) in [6.07, 6.45) is 3.97. The standard InChI is InChI=1S/C28H45N11O4S/c1-39-18(16-35-28(39)44)15-22(38-24(41)19(30)10-7-13-34-27(32)33)26(43)36-20(11-5-6-12-29)25(42)37-21(23(31)40)14-17-8-3-2-4-9-17/h2-4,8-9,16,19-22H,5-7,10-15,29-30H2,1H3,(H2,31,40)(H,35,44)(H,36,43)(H,37,42)(H,38,41)(H4,32,33,34). The Bertz CT molecular complexity index is 1310. The van der Waals surface area contributed by atoms with Gasteiger partial charge in [0.2, 0.25) is 23.6 Å². The van der Waals surface area contributed by atoms with Crippen LogP contribution in [0.25, 0.3) is 0 Å². The number of H-pyrrole nitrogens is 1. The fraction of sp³-hybridized carbons (Fsp3) is 0.500. The molecule has 0 aliphatic rings. The van der Waals surface area contributed by atoms with E-state index in [-0.39, 0.29) is 31.6 Å². The molecule has 4 unspecified atom stereocenters. The molecule has 1 aromatic heterocycles. The molecule has 4 amide bonds. The number of aromatic nitrogens is 2. The number of nitrogens with two attached hydrogens (primary N) is 4. The number of rotatable bonds is 19. The van der Waals surface area contributed by atoms with Crippen LogP contribution in [0.5, 0.6) is 0 Å². The van der Waals surface area contributed by atoms with Gasteiger partial charge in [-0.05, 0) is 56.4 Å². The molecule has 15 nitrogen and oxygen atoms in total. The molecule has 0 spiro atoms. The Morgan fingerprint density at radius 2 is 1.55 bits per heavy atom. The number of carbonyl (C=O) groups excluding carboxylic acids is 4. The predicted molar refractivity (Wildman–Crippen MR) is 169 cm³/mol. The summed E-state index contributed by atoms with van der Waals surface area (Å²) in [7, 11) is 1.72. The highest BCUT2D eigenvalue weighted by Crippen LogP contribution is 2.09. The first-order valence-electron chi connectivity index (χ1n) is 14.4. The molecule has 0 saturated heterocycles. The summed E-state index contributed by atoms with van der Waals surface area (Å²) in [5.41, 5.74) is 24.0. The van der Waals surface area contributed by atoms with Crippen LogP contribution in [0.2, 0.25) is 0 Å². The monoisotopic (exact) mass is 631 g/mol. The molecule has 0 bridgehead atoms. The lowest BCUT2D eigenvalue weighted by molar-refractivity contribution is -0.133. The molecule has 4 atom stereocenters. The van der Waals surface area contributed by atoms with Gasteiger partial charge >= 0.3 is 0 Å². The van der Waals surface area contributed by atoms with Crippen molar-refractivity contribution in [3.63, 3.8) is 0 Å². The number of primary amides is 1. The maximum Gasteiger partial charge on any atom is 0.243 e. The third kappa shape index (κ3) is 12.1. The van der Waals surface area contributed by atoms with E-state index in [9.17, 15) is 19.2 Å². The van der Waals surface area contributed by atoms with Crippen molar-refractivity contribution in [3.05, 3.63) is 52.6 Å². The summed E-state index contributed by atoms with van der Waals surface area (Å²) in [4.78, 5) is 55.2. The Balaban J connectivity index is 2.22. The van der Waals surface area contributed by atoms with Gasteiger partial charge in [-0.25, -0.2) is 0 Å². The summed E-state index contributed by atoms with van der Waals surface area (Å²) in [5, 5.41) is 18.0. The third-order valence-corrected chi connectivity index (χ3v) is 7.40. The van der Waals surface area contributed by atoms with Gasteiger partial charge in [0.25, 0.3) is 0 Å². The van der Waals surface area contributed by atoms with E-state index in [2.05, 4.69) is 26.3 Å². The van der Waals surface area contributed by atoms with Gasteiger partial charge in [0.05, 0.1) is 6.04 Å². The summed E-state index contributed by atoms with van der Waals surface area (Å²) in [6.45, 7) is 0.753. The van der Waals surface area contributed by atoms with Gasteiger partial charge in [-0.1, -0.05) is 30.3 Å². The highest BCUT2D eigenvalue weighted by molar-refractivity contribution is 7.71. The lowest BCUT2D eigenvalue weighted by Gasteiger charge is -2.25. The summed E-state index contributed by atoms with van der Waals surface area (Å²) >= 11 is 5.24. The van der Waals surface area contributed by atoms with Crippen molar-refractivity contribution in [2.75, 3.05) is 13.1 Å². The van der Waals surface area contributed by atoms with Crippen molar-refractivity contribution in [1.82, 2.24) is 30.8 Å². The van der Waals surface area contributed by atoms with Crippen LogP contribution in [0, 0.1) is 10.2 Å². The van der Waals surface area contributed by atoms with Crippen LogP contribution in [0.15, 0.2) is 36.5 Å². The SMILES string of the molecule is Cn1c(CC(NC(=O)C(N)CCCNC(=N)N)C(=O)NC(CCCCN)C(=O)NC(Cc2ccccc2)C(N)=O)c[nH]c1=S. The van der Waals surface area contributed by atoms with Crippen LogP contribution in [-0.2, 0) is 39.1 Å². The number of hydrogen-bond acceptors (Lipinski definition) is 8. The summed E-state index contributed by atoms with van der Waals surface area (Å²) in [5.74, 6) is -2.68. The Hall–Kier alpha value is -4.28. The van der Waals surface area contributed by atoms with Crippen LogP contribution < -0.4 is 44.2 Å². The minimum atomic E-state index is -1.11. The molecule has 242 valence electrons. The third-order valence-electron chi connectivity index (χ3n) is 7.01. The number of benzene rings is 1. The molecule has 16 heteroatoms. The first kappa shape index (κ1) is 35.9. The number of amides is 4. The molecule has 0 aliphatic heterocycles. The Morgan fingerprint density at radius 3 is 2.14 bits per heavy atom. The molecule has 44 heavy (non-hydrogen) atoms. The van der Waals surface area contributed by atoms with Crippen molar-refractivity contribution in [1.29, 1.82) is 5.41 Å². The molecule has 1 heterocycles. The van der Waals surface area contributed by atoms with E-state index in [1.807, 2.05) is 30.3 Å². The van der Waals surface area contributed by atoms with Gasteiger partial charge in [-0.2, -0.15) is 0 Å². The first-order chi connectivity index (χ1) is 20.9. The van der Waals surface area contributed by atoms with Crippen LogP contribution in [0.3, 0.4) is 0 Å². The molecule has 2 rings (SSSR count). The van der Waals surface area contributed by atoms with E-state index in [4.69, 9.17) is 40.6 Å². The maximum absolute atomic E-state index is 13.7. The first-order valence-corrected chi connectivity index (χ1v) is 14.8. The van der Waals surface area contributed by atoms with Crippen LogP contribution in [-0.4, -0.2) is 76.4 Å². The Kier molecular flexibility index (Phi) is 15.0. The molecule has 14 N–H and O–H groups in total. The van der Waals surface area contributed by atoms with Gasteiger partial charge in [-0.3, -0.25) is 24.6 Å². The summed E-state index contributed by atoms with van der Waals surface area (Å²) < 4.78 is 2.09. The van der Waals surface area contributed by atoms with E-state index in [0.29, 0.717) is 42.8 Å². The molecular formula is C28H45N11O4S. The van der Waals surface area contributed by atoms with Crippen molar-refractivity contribution in [2.45, 2.75) is 69.1 Å². The number of nitrogens with zero attached hydrogens (tertiary/aromatic N) is 1. The average Bonchev–Trinajstić information content (AvgIpc) is 3.30. The van der Waals surface area contributed by atoms with Crippen molar-refractivity contribution < 1.29 is 19.2 Å². The Morgan fingerprint density at radius 1 is 0.909 bits per heavy atom. The molecule has 0 fully saturated rings. The topological polar surface area (TPSA) is 265 Å². The van der Waals surface area contributed by atoms with E-state index < -0.39 is 47.8 Å². The molecule has 0 aliphatic carbocycles. The number of imidazole rings is 1. The number of unbranched alkanes of at least 4 members (excludes halogenated alkanes) is 1. The van der Waals surface area contributed by atoms with Gasteiger partial charge in [0.1, 0.15) is 18.1 Å². The lowest BCUT2D eigenvalue weighted by Crippen LogP contribution is -2.58. The second kappa shape index (κ2) is 18.4. The van der Waals surface area contributed by atoms with E-state index in [1.165, 1.54) is 0 Å². The van der Waals surface area contributed by atoms with Gasteiger partial charge < -0.3 is 53.8 Å². The number of hydrogen-bond donors (Lipinski definition) is 10. The molecule has 2 aromatic rings. The minimum Gasteiger partial charge on any atom is -0.370 e. The van der Waals surface area contributed by atoms with Gasteiger partial charge in [0, 0.05) is 38.3 Å². The molecule has 1 aromatic carbocycles. The van der Waals surface area contributed by atoms with Crippen LogP contribution in [0.4, 0.5) is 0 Å². The van der Waals surface area contributed by atoms with E-state index >= 15 is 0 Å². The molecular weight excluding hydrogens is 586 g/mol. The van der Waals surface area contributed by atoms with Gasteiger partial charge in [-0.15, -0.1) is 0 Å². The zero-order valence-corrected chi connectivity index (χ0v) is 25.8. The van der Waals surface area contributed by atoms with Crippen LogP contribution >= 0.6 is 12.2 Å². The maximum atomic E-state index is 13.7. The van der Waals surface area contributed by atoms with E-state index in [1.54, 1.807) is 17.8 Å². The van der Waals surface area contributed by atoms with Crippen LogP contribution in [0.1, 0.15) is 43.4 Å². The Labute approximate surface area is 261 Å². The number of guanidine groups is 1. The largest absolute Gasteiger partial charge is 0.370 e. The second-order valence-electron chi connectivity index (χ2n) is 10.5. The van der Waals surface area contributed by atoms with Crippen molar-refractivity contribution >= 4 is 41.8 Å². The number of carbonyl (C=O) groups is 4. The molecule has 0 radical (unpaired) electrons. The second-order valence-corrected chi connectivity index (χ2v) is 10.9. The average molecular weight is 632 g/mol. The van der Waals surface area contributed by atoms with Crippen molar-refractivity contribution in [2.24, 2.45) is 30.0 Å². The zero-order valence-electron chi connectivity index (χ0n) is 24.9. The zero-order chi connectivity index (χ0) is 32.6. The highest BCUT2D eigenvalue weighted by Gasteiger charge is 2.30.